The van der Waals surface area contributed by atoms with Gasteiger partial charge in [0.2, 0.25) is 5.78 Å². The molecule has 0 N–H and O–H groups in total. The average Bonchev–Trinajstić information content (AvgIpc) is 3.31. The van der Waals surface area contributed by atoms with Crippen LogP contribution in [-0.4, -0.2) is 10.4 Å². The van der Waals surface area contributed by atoms with Crippen LogP contribution in [0, 0.1) is 6.92 Å². The first kappa shape index (κ1) is 17.3. The van der Waals surface area contributed by atoms with Gasteiger partial charge >= 0.3 is 5.63 Å². The van der Waals surface area contributed by atoms with Crippen LogP contribution in [0.15, 0.2) is 80.5 Å². The molecule has 0 aliphatic rings. The third kappa shape index (κ3) is 2.63. The molecular weight excluding hydrogens is 366 g/mol. The van der Waals surface area contributed by atoms with Crippen molar-refractivity contribution in [1.29, 1.82) is 0 Å². The van der Waals surface area contributed by atoms with E-state index in [2.05, 4.69) is 0 Å². The van der Waals surface area contributed by atoms with E-state index in [1.807, 2.05) is 68.7 Å². The van der Waals surface area contributed by atoms with Gasteiger partial charge in [-0.1, -0.05) is 30.3 Å². The largest absolute Gasteiger partial charge is 0.452 e. The Labute approximate surface area is 165 Å². The molecule has 142 valence electrons. The maximum atomic E-state index is 13.4. The maximum absolute atomic E-state index is 13.4. The van der Waals surface area contributed by atoms with Crippen LogP contribution in [0.4, 0.5) is 0 Å². The van der Waals surface area contributed by atoms with E-state index in [9.17, 15) is 9.59 Å². The first-order valence-electron chi connectivity index (χ1n) is 9.26. The Morgan fingerprint density at radius 3 is 2.48 bits per heavy atom. The Balaban J connectivity index is 1.94. The first-order valence-corrected chi connectivity index (χ1v) is 9.26. The number of furan rings is 1. The minimum atomic E-state index is -0.432. The number of aryl methyl sites for hydroxylation is 2. The van der Waals surface area contributed by atoms with E-state index >= 15 is 0 Å². The normalized spacial score (nSPS) is 11.4. The van der Waals surface area contributed by atoms with Gasteiger partial charge in [0.1, 0.15) is 11.2 Å². The van der Waals surface area contributed by atoms with Crippen molar-refractivity contribution in [3.8, 4) is 11.1 Å². The molecule has 0 saturated carbocycles. The number of aromatic nitrogens is 1. The van der Waals surface area contributed by atoms with Gasteiger partial charge in [-0.3, -0.25) is 4.79 Å². The molecule has 0 aliphatic heterocycles. The minimum Gasteiger partial charge on any atom is -0.452 e. The summed E-state index contributed by atoms with van der Waals surface area (Å²) in [6.45, 7) is 1.86. The molecular formula is C24H17NO4. The molecule has 0 aliphatic carbocycles. The molecule has 0 bridgehead atoms. The standard InChI is InChI=1S/C24H17NO4/c1-14-13-19(26)29-23-16(14)10-11-18-21(23)20(15-7-4-3-5-8-15)24(28-18)22(27)17-9-6-12-25(17)2/h3-13H,1-2H3. The second-order valence-electron chi connectivity index (χ2n) is 7.07. The zero-order valence-electron chi connectivity index (χ0n) is 15.9. The molecule has 0 unspecified atom stereocenters. The Morgan fingerprint density at radius 2 is 1.76 bits per heavy atom. The van der Waals surface area contributed by atoms with Gasteiger partial charge in [0.05, 0.1) is 11.1 Å². The van der Waals surface area contributed by atoms with Crippen molar-refractivity contribution in [2.24, 2.45) is 7.05 Å². The predicted octanol–water partition coefficient (Wildman–Crippen LogP) is 5.08. The van der Waals surface area contributed by atoms with Gasteiger partial charge < -0.3 is 13.4 Å². The summed E-state index contributed by atoms with van der Waals surface area (Å²) in [5.74, 6) is 0.000332. The van der Waals surface area contributed by atoms with Crippen molar-refractivity contribution in [1.82, 2.24) is 4.57 Å². The van der Waals surface area contributed by atoms with Gasteiger partial charge in [0, 0.05) is 30.3 Å². The SMILES string of the molecule is Cc1cc(=O)oc2c1ccc1oc(C(=O)c3cccn3C)c(-c3ccccc3)c12. The molecule has 0 spiro atoms. The Bertz CT molecular complexity index is 1450. The van der Waals surface area contributed by atoms with Crippen LogP contribution in [-0.2, 0) is 7.05 Å². The number of hydrogen-bond donors (Lipinski definition) is 0. The molecule has 3 aromatic heterocycles. The fourth-order valence-corrected chi connectivity index (χ4v) is 3.82. The van der Waals surface area contributed by atoms with Gasteiger partial charge in [-0.25, -0.2) is 4.79 Å². The number of carbonyl (C=O) groups excluding carboxylic acids is 1. The van der Waals surface area contributed by atoms with E-state index in [0.29, 0.717) is 27.8 Å². The molecule has 0 fully saturated rings. The highest BCUT2D eigenvalue weighted by atomic mass is 16.4. The van der Waals surface area contributed by atoms with Crippen LogP contribution in [0.25, 0.3) is 33.1 Å². The molecule has 5 aromatic rings. The maximum Gasteiger partial charge on any atom is 0.336 e. The molecule has 0 amide bonds. The van der Waals surface area contributed by atoms with Gasteiger partial charge in [-0.15, -0.1) is 0 Å². The topological polar surface area (TPSA) is 65.3 Å². The second kappa shape index (κ2) is 6.34. The van der Waals surface area contributed by atoms with Crippen LogP contribution in [0.1, 0.15) is 21.8 Å². The van der Waals surface area contributed by atoms with Crippen molar-refractivity contribution in [3.05, 3.63) is 94.3 Å². The number of fused-ring (bicyclic) bond motifs is 3. The summed E-state index contributed by atoms with van der Waals surface area (Å²) < 4.78 is 13.4. The highest BCUT2D eigenvalue weighted by Gasteiger charge is 2.26. The molecule has 5 nitrogen and oxygen atoms in total. The molecule has 0 atom stereocenters. The summed E-state index contributed by atoms with van der Waals surface area (Å²) in [5.41, 5.74) is 3.28. The summed E-state index contributed by atoms with van der Waals surface area (Å²) >= 11 is 0. The Morgan fingerprint density at radius 1 is 0.966 bits per heavy atom. The van der Waals surface area contributed by atoms with Crippen LogP contribution in [0.2, 0.25) is 0 Å². The van der Waals surface area contributed by atoms with Crippen molar-refractivity contribution in [2.75, 3.05) is 0 Å². The summed E-state index contributed by atoms with van der Waals surface area (Å²) in [7, 11) is 1.82. The number of ketones is 1. The molecule has 5 heteroatoms. The van der Waals surface area contributed by atoms with Crippen LogP contribution >= 0.6 is 0 Å². The zero-order chi connectivity index (χ0) is 20.1. The fraction of sp³-hybridized carbons (Fsp3) is 0.0833. The lowest BCUT2D eigenvalue weighted by Gasteiger charge is -2.06. The smallest absolute Gasteiger partial charge is 0.336 e. The number of benzene rings is 2. The Kier molecular flexibility index (Phi) is 3.77. The van der Waals surface area contributed by atoms with Gasteiger partial charge in [0.25, 0.3) is 0 Å². The lowest BCUT2D eigenvalue weighted by molar-refractivity contribution is 0.100. The van der Waals surface area contributed by atoms with Crippen LogP contribution in [0.5, 0.6) is 0 Å². The summed E-state index contributed by atoms with van der Waals surface area (Å²) in [6.07, 6.45) is 1.82. The van der Waals surface area contributed by atoms with Gasteiger partial charge in [-0.05, 0) is 42.3 Å². The highest BCUT2D eigenvalue weighted by molar-refractivity contribution is 6.19. The number of carbonyl (C=O) groups is 1. The Hall–Kier alpha value is -3.86. The van der Waals surface area contributed by atoms with Crippen LogP contribution < -0.4 is 5.63 Å². The summed E-state index contributed by atoms with van der Waals surface area (Å²) in [4.78, 5) is 25.5. The third-order valence-corrected chi connectivity index (χ3v) is 5.22. The van der Waals surface area contributed by atoms with Crippen molar-refractivity contribution >= 4 is 27.7 Å². The molecule has 3 heterocycles. The van der Waals surface area contributed by atoms with Crippen LogP contribution in [0.3, 0.4) is 0 Å². The van der Waals surface area contributed by atoms with Gasteiger partial charge in [-0.2, -0.15) is 0 Å². The van der Waals surface area contributed by atoms with Gasteiger partial charge in [0.15, 0.2) is 5.76 Å². The van der Waals surface area contributed by atoms with E-state index in [-0.39, 0.29) is 11.5 Å². The molecule has 0 radical (unpaired) electrons. The second-order valence-corrected chi connectivity index (χ2v) is 7.07. The molecule has 0 saturated heterocycles. The van der Waals surface area contributed by atoms with E-state index < -0.39 is 5.63 Å². The third-order valence-electron chi connectivity index (χ3n) is 5.22. The lowest BCUT2D eigenvalue weighted by Crippen LogP contribution is -2.07. The van der Waals surface area contributed by atoms with E-state index in [1.54, 1.807) is 10.6 Å². The fourth-order valence-electron chi connectivity index (χ4n) is 3.82. The molecule has 2 aromatic carbocycles. The predicted molar refractivity (Wildman–Crippen MR) is 111 cm³/mol. The molecule has 5 rings (SSSR count). The van der Waals surface area contributed by atoms with Crippen molar-refractivity contribution in [3.63, 3.8) is 0 Å². The molecule has 29 heavy (non-hydrogen) atoms. The first-order chi connectivity index (χ1) is 14.0. The van der Waals surface area contributed by atoms with E-state index in [1.165, 1.54) is 6.07 Å². The number of rotatable bonds is 3. The summed E-state index contributed by atoms with van der Waals surface area (Å²) in [5, 5.41) is 1.44. The number of nitrogens with zero attached hydrogens (tertiary/aromatic N) is 1. The summed E-state index contributed by atoms with van der Waals surface area (Å²) in [6, 6.07) is 18.2. The quantitative estimate of drug-likeness (QED) is 0.322. The lowest BCUT2D eigenvalue weighted by atomic mass is 9.97. The minimum absolute atomic E-state index is 0.226. The zero-order valence-corrected chi connectivity index (χ0v) is 15.9. The van der Waals surface area contributed by atoms with E-state index in [0.717, 1.165) is 16.5 Å². The average molecular weight is 383 g/mol. The number of hydrogen-bond acceptors (Lipinski definition) is 4. The monoisotopic (exact) mass is 383 g/mol. The van der Waals surface area contributed by atoms with Crippen molar-refractivity contribution in [2.45, 2.75) is 6.92 Å². The highest BCUT2D eigenvalue weighted by Crippen LogP contribution is 2.40. The van der Waals surface area contributed by atoms with E-state index in [4.69, 9.17) is 8.83 Å². The van der Waals surface area contributed by atoms with Crippen molar-refractivity contribution < 1.29 is 13.6 Å².